The molecule has 0 amide bonds. The standard InChI is InChI=1S/C6H7NOS2/c8-10(9)7-6-4-2-1-3-5-6/h1-5,7H,(H,8,9). The molecule has 0 heterocycles. The Morgan fingerprint density at radius 2 is 1.90 bits per heavy atom. The lowest BCUT2D eigenvalue weighted by Crippen LogP contribution is -1.99. The van der Waals surface area contributed by atoms with Gasteiger partial charge in [0, 0.05) is 16.9 Å². The fourth-order valence-corrected chi connectivity index (χ4v) is 1.23. The summed E-state index contributed by atoms with van der Waals surface area (Å²) in [5.74, 6) is 0. The summed E-state index contributed by atoms with van der Waals surface area (Å²) in [4.78, 5) is 0. The van der Waals surface area contributed by atoms with E-state index in [0.29, 0.717) is 0 Å². The molecule has 2 nitrogen and oxygen atoms in total. The summed E-state index contributed by atoms with van der Waals surface area (Å²) in [6, 6.07) is 9.37. The monoisotopic (exact) mass is 173 g/mol. The van der Waals surface area contributed by atoms with E-state index >= 15 is 0 Å². The maximum atomic E-state index is 8.74. The summed E-state index contributed by atoms with van der Waals surface area (Å²) in [6.45, 7) is 0. The van der Waals surface area contributed by atoms with E-state index in [1.54, 1.807) is 0 Å². The quantitative estimate of drug-likeness (QED) is 0.712. The third-order valence-corrected chi connectivity index (χ3v) is 1.64. The smallest absolute Gasteiger partial charge is 0.105 e. The lowest BCUT2D eigenvalue weighted by atomic mass is 10.3. The van der Waals surface area contributed by atoms with Crippen molar-refractivity contribution in [3.63, 3.8) is 0 Å². The Bertz CT molecular complexity index is 224. The van der Waals surface area contributed by atoms with Crippen LogP contribution in [0.25, 0.3) is 0 Å². The molecule has 1 unspecified atom stereocenters. The molecular formula is C6H7NOS2. The first-order valence-corrected chi connectivity index (χ1v) is 4.82. The van der Waals surface area contributed by atoms with Gasteiger partial charge in [-0.1, -0.05) is 18.2 Å². The topological polar surface area (TPSA) is 32.3 Å². The molecule has 0 saturated carbocycles. The number of hydrogen-bond donors (Lipinski definition) is 2. The van der Waals surface area contributed by atoms with E-state index < -0.39 is 9.92 Å². The third-order valence-electron chi connectivity index (χ3n) is 0.979. The predicted molar refractivity (Wildman–Crippen MR) is 47.4 cm³/mol. The van der Waals surface area contributed by atoms with E-state index in [9.17, 15) is 0 Å². The summed E-state index contributed by atoms with van der Waals surface area (Å²) in [6.07, 6.45) is 0. The molecule has 1 aromatic carbocycles. The average molecular weight is 173 g/mol. The van der Waals surface area contributed by atoms with Crippen molar-refractivity contribution in [2.24, 2.45) is 0 Å². The van der Waals surface area contributed by atoms with Crippen molar-refractivity contribution in [3.8, 4) is 0 Å². The summed E-state index contributed by atoms with van der Waals surface area (Å²) in [5, 5.41) is 0. The van der Waals surface area contributed by atoms with E-state index in [2.05, 4.69) is 15.9 Å². The molecule has 1 rings (SSSR count). The van der Waals surface area contributed by atoms with E-state index in [1.807, 2.05) is 30.3 Å². The van der Waals surface area contributed by atoms with Crippen LogP contribution in [0, 0.1) is 0 Å². The minimum atomic E-state index is -1.13. The summed E-state index contributed by atoms with van der Waals surface area (Å²) >= 11 is 4.53. The first kappa shape index (κ1) is 7.65. The van der Waals surface area contributed by atoms with Crippen LogP contribution in [0.15, 0.2) is 30.3 Å². The van der Waals surface area contributed by atoms with Crippen LogP contribution in [0.2, 0.25) is 0 Å². The highest BCUT2D eigenvalue weighted by atomic mass is 32.8. The van der Waals surface area contributed by atoms with Gasteiger partial charge >= 0.3 is 0 Å². The number of rotatable bonds is 2. The average Bonchev–Trinajstić information content (AvgIpc) is 1.88. The molecule has 0 saturated heterocycles. The molecule has 0 aromatic heterocycles. The number of anilines is 1. The van der Waals surface area contributed by atoms with Crippen molar-refractivity contribution in [3.05, 3.63) is 30.3 Å². The Kier molecular flexibility index (Phi) is 2.80. The Morgan fingerprint density at radius 1 is 1.30 bits per heavy atom. The van der Waals surface area contributed by atoms with Crippen LogP contribution in [0.4, 0.5) is 5.69 Å². The van der Waals surface area contributed by atoms with Gasteiger partial charge in [0.15, 0.2) is 0 Å². The minimum Gasteiger partial charge on any atom is -0.311 e. The highest BCUT2D eigenvalue weighted by Crippen LogP contribution is 2.04. The van der Waals surface area contributed by atoms with Gasteiger partial charge in [-0.15, -0.1) is 0 Å². The van der Waals surface area contributed by atoms with Crippen LogP contribution >= 0.6 is 0 Å². The van der Waals surface area contributed by atoms with E-state index in [0.717, 1.165) is 5.69 Å². The second-order valence-corrected chi connectivity index (χ2v) is 3.37. The van der Waals surface area contributed by atoms with Crippen molar-refractivity contribution in [1.29, 1.82) is 0 Å². The van der Waals surface area contributed by atoms with Gasteiger partial charge in [0.05, 0.1) is 0 Å². The minimum absolute atomic E-state index is 0.850. The fraction of sp³-hybridized carbons (Fsp3) is 0. The van der Waals surface area contributed by atoms with Gasteiger partial charge in [0.2, 0.25) is 0 Å². The molecule has 1 aromatic rings. The molecule has 0 bridgehead atoms. The predicted octanol–water partition coefficient (Wildman–Crippen LogP) is 1.57. The molecule has 10 heavy (non-hydrogen) atoms. The van der Waals surface area contributed by atoms with Gasteiger partial charge in [-0.05, 0) is 12.1 Å². The van der Waals surface area contributed by atoms with Gasteiger partial charge < -0.3 is 9.27 Å². The van der Waals surface area contributed by atoms with Crippen molar-refractivity contribution in [2.75, 3.05) is 4.72 Å². The molecule has 0 aliphatic carbocycles. The van der Waals surface area contributed by atoms with E-state index in [1.165, 1.54) is 0 Å². The van der Waals surface area contributed by atoms with Crippen LogP contribution in [-0.4, -0.2) is 4.55 Å². The molecule has 0 aliphatic rings. The van der Waals surface area contributed by atoms with Gasteiger partial charge in [-0.25, -0.2) is 0 Å². The third kappa shape index (κ3) is 2.43. The molecule has 2 N–H and O–H groups in total. The van der Waals surface area contributed by atoms with Crippen molar-refractivity contribution < 1.29 is 4.55 Å². The molecular weight excluding hydrogens is 166 g/mol. The second kappa shape index (κ2) is 3.65. The SMILES string of the molecule is OS(=S)Nc1ccccc1. The van der Waals surface area contributed by atoms with Crippen LogP contribution < -0.4 is 4.72 Å². The van der Waals surface area contributed by atoms with Crippen LogP contribution in [0.3, 0.4) is 0 Å². The molecule has 0 radical (unpaired) electrons. The molecule has 4 heteroatoms. The molecule has 54 valence electrons. The van der Waals surface area contributed by atoms with Gasteiger partial charge in [0.1, 0.15) is 9.92 Å². The first-order chi connectivity index (χ1) is 4.79. The number of benzene rings is 1. The number of para-hydroxylation sites is 1. The number of nitrogens with one attached hydrogen (secondary N) is 1. The fourth-order valence-electron chi connectivity index (χ4n) is 0.607. The molecule has 1 atom stereocenters. The molecule has 0 spiro atoms. The first-order valence-electron chi connectivity index (χ1n) is 2.71. The van der Waals surface area contributed by atoms with Crippen LogP contribution in [-0.2, 0) is 21.1 Å². The molecule has 0 fully saturated rings. The summed E-state index contributed by atoms with van der Waals surface area (Å²) < 4.78 is 11.4. The zero-order valence-electron chi connectivity index (χ0n) is 5.15. The summed E-state index contributed by atoms with van der Waals surface area (Å²) in [5.41, 5.74) is 0.850. The largest absolute Gasteiger partial charge is 0.311 e. The van der Waals surface area contributed by atoms with E-state index in [4.69, 9.17) is 4.55 Å². The van der Waals surface area contributed by atoms with Gasteiger partial charge in [0.25, 0.3) is 0 Å². The second-order valence-electron chi connectivity index (χ2n) is 1.72. The highest BCUT2D eigenvalue weighted by molar-refractivity contribution is 8.26. The van der Waals surface area contributed by atoms with Crippen molar-refractivity contribution in [1.82, 2.24) is 0 Å². The zero-order valence-corrected chi connectivity index (χ0v) is 6.78. The lowest BCUT2D eigenvalue weighted by Gasteiger charge is -2.00. The lowest BCUT2D eigenvalue weighted by molar-refractivity contribution is 0.661. The van der Waals surface area contributed by atoms with Crippen molar-refractivity contribution >= 4 is 26.8 Å². The maximum Gasteiger partial charge on any atom is 0.105 e. The normalized spacial score (nSPS) is 12.5. The Labute approximate surface area is 66.8 Å². The highest BCUT2D eigenvalue weighted by Gasteiger charge is 1.87. The Hall–Kier alpha value is -0.450. The summed E-state index contributed by atoms with van der Waals surface area (Å²) in [7, 11) is -1.13. The Balaban J connectivity index is 2.67. The maximum absolute atomic E-state index is 8.74. The Morgan fingerprint density at radius 3 is 2.40 bits per heavy atom. The molecule has 0 aliphatic heterocycles. The van der Waals surface area contributed by atoms with Gasteiger partial charge in [-0.3, -0.25) is 0 Å². The van der Waals surface area contributed by atoms with E-state index in [-0.39, 0.29) is 0 Å². The van der Waals surface area contributed by atoms with Gasteiger partial charge in [-0.2, -0.15) is 0 Å². The van der Waals surface area contributed by atoms with Crippen molar-refractivity contribution in [2.45, 2.75) is 0 Å². The van der Waals surface area contributed by atoms with Crippen LogP contribution in [0.5, 0.6) is 0 Å². The number of hydrogen-bond acceptors (Lipinski definition) is 1. The zero-order chi connectivity index (χ0) is 7.40. The van der Waals surface area contributed by atoms with Crippen LogP contribution in [0.1, 0.15) is 0 Å².